The SMILES string of the molecule is O=C(NCc1ccc(CN2CCCC2)cc1)[C@H]1CCCN(S(=O)(=O)c2cccs2)C1. The van der Waals surface area contributed by atoms with Crippen LogP contribution in [0.15, 0.2) is 46.0 Å². The van der Waals surface area contributed by atoms with Gasteiger partial charge in [-0.05, 0) is 61.3 Å². The summed E-state index contributed by atoms with van der Waals surface area (Å²) in [6.07, 6.45) is 4.00. The van der Waals surface area contributed by atoms with Crippen LogP contribution in [0.3, 0.4) is 0 Å². The molecule has 2 aromatic rings. The largest absolute Gasteiger partial charge is 0.352 e. The summed E-state index contributed by atoms with van der Waals surface area (Å²) < 4.78 is 27.3. The molecule has 4 rings (SSSR count). The number of piperidine rings is 1. The second-order valence-electron chi connectivity index (χ2n) is 8.15. The van der Waals surface area contributed by atoms with Gasteiger partial charge in [-0.2, -0.15) is 4.31 Å². The van der Waals surface area contributed by atoms with Gasteiger partial charge in [-0.3, -0.25) is 9.69 Å². The van der Waals surface area contributed by atoms with Gasteiger partial charge in [0.25, 0.3) is 10.0 Å². The second-order valence-corrected chi connectivity index (χ2v) is 11.3. The Labute approximate surface area is 182 Å². The Bertz CT molecular complexity index is 937. The van der Waals surface area contributed by atoms with Crippen molar-refractivity contribution < 1.29 is 13.2 Å². The molecular formula is C22H29N3O3S2. The number of benzene rings is 1. The van der Waals surface area contributed by atoms with Gasteiger partial charge in [0.2, 0.25) is 5.91 Å². The zero-order chi connectivity index (χ0) is 21.0. The summed E-state index contributed by atoms with van der Waals surface area (Å²) in [7, 11) is -3.50. The zero-order valence-corrected chi connectivity index (χ0v) is 18.8. The van der Waals surface area contributed by atoms with E-state index in [-0.39, 0.29) is 18.4 Å². The van der Waals surface area contributed by atoms with Gasteiger partial charge in [0, 0.05) is 26.2 Å². The van der Waals surface area contributed by atoms with Gasteiger partial charge >= 0.3 is 0 Å². The number of hydrogen-bond donors (Lipinski definition) is 1. The standard InChI is InChI=1S/C22H29N3O3S2/c26-22(20-5-3-13-25(17-20)30(27,28)21-6-4-14-29-21)23-15-18-7-9-19(10-8-18)16-24-11-1-2-12-24/h4,6-10,14,20H,1-3,5,11-13,15-17H2,(H,23,26)/t20-/m0/s1. The van der Waals surface area contributed by atoms with Crippen LogP contribution in [0.4, 0.5) is 0 Å². The van der Waals surface area contributed by atoms with E-state index in [0.29, 0.717) is 23.7 Å². The van der Waals surface area contributed by atoms with Gasteiger partial charge in [0.05, 0.1) is 5.92 Å². The van der Waals surface area contributed by atoms with Crippen LogP contribution >= 0.6 is 11.3 Å². The summed E-state index contributed by atoms with van der Waals surface area (Å²) in [5.74, 6) is -0.370. The van der Waals surface area contributed by atoms with Gasteiger partial charge in [0.15, 0.2) is 0 Å². The number of carbonyl (C=O) groups is 1. The molecule has 1 aromatic carbocycles. The van der Waals surface area contributed by atoms with Crippen molar-refractivity contribution in [2.75, 3.05) is 26.2 Å². The summed E-state index contributed by atoms with van der Waals surface area (Å²) >= 11 is 1.22. The molecular weight excluding hydrogens is 418 g/mol. The number of hydrogen-bond acceptors (Lipinski definition) is 5. The first-order valence-corrected chi connectivity index (χ1v) is 13.0. The van der Waals surface area contributed by atoms with Crippen molar-refractivity contribution in [2.45, 2.75) is 43.0 Å². The number of sulfonamides is 1. The minimum absolute atomic E-state index is 0.0674. The van der Waals surface area contributed by atoms with E-state index in [2.05, 4.69) is 34.5 Å². The highest BCUT2D eigenvalue weighted by atomic mass is 32.2. The van der Waals surface area contributed by atoms with E-state index in [4.69, 9.17) is 0 Å². The molecule has 2 aliphatic heterocycles. The first kappa shape index (κ1) is 21.5. The quantitative estimate of drug-likeness (QED) is 0.708. The highest BCUT2D eigenvalue weighted by molar-refractivity contribution is 7.91. The van der Waals surface area contributed by atoms with Gasteiger partial charge in [-0.15, -0.1) is 11.3 Å². The average molecular weight is 448 g/mol. The van der Waals surface area contributed by atoms with E-state index < -0.39 is 10.0 Å². The fourth-order valence-electron chi connectivity index (χ4n) is 4.21. The molecule has 0 spiro atoms. The molecule has 8 heteroatoms. The summed E-state index contributed by atoms with van der Waals surface area (Å²) in [6.45, 7) is 4.54. The van der Waals surface area contributed by atoms with Crippen LogP contribution in [-0.2, 0) is 27.9 Å². The Balaban J connectivity index is 1.29. The number of likely N-dealkylation sites (tertiary alicyclic amines) is 1. The monoisotopic (exact) mass is 447 g/mol. The highest BCUT2D eigenvalue weighted by Gasteiger charge is 2.33. The maximum atomic E-state index is 12.8. The number of nitrogens with one attached hydrogen (secondary N) is 1. The van der Waals surface area contributed by atoms with Crippen LogP contribution in [0.25, 0.3) is 0 Å². The molecule has 1 N–H and O–H groups in total. The predicted molar refractivity (Wildman–Crippen MR) is 119 cm³/mol. The van der Waals surface area contributed by atoms with E-state index in [1.54, 1.807) is 17.5 Å². The third kappa shape index (κ3) is 5.11. The number of carbonyl (C=O) groups excluding carboxylic acids is 1. The molecule has 0 saturated carbocycles. The Morgan fingerprint density at radius 3 is 2.47 bits per heavy atom. The van der Waals surface area contributed by atoms with E-state index in [1.165, 1.54) is 47.1 Å². The van der Waals surface area contributed by atoms with E-state index in [9.17, 15) is 13.2 Å². The van der Waals surface area contributed by atoms with Crippen molar-refractivity contribution in [1.29, 1.82) is 0 Å². The van der Waals surface area contributed by atoms with Crippen molar-refractivity contribution in [3.8, 4) is 0 Å². The van der Waals surface area contributed by atoms with Gasteiger partial charge in [0.1, 0.15) is 4.21 Å². The molecule has 162 valence electrons. The molecule has 3 heterocycles. The lowest BCUT2D eigenvalue weighted by Gasteiger charge is -2.30. The molecule has 2 saturated heterocycles. The molecule has 1 amide bonds. The summed E-state index contributed by atoms with van der Waals surface area (Å²) in [5.41, 5.74) is 2.36. The predicted octanol–water partition coefficient (Wildman–Crippen LogP) is 3.06. The summed E-state index contributed by atoms with van der Waals surface area (Å²) in [4.78, 5) is 15.2. The van der Waals surface area contributed by atoms with Crippen molar-refractivity contribution in [3.63, 3.8) is 0 Å². The number of amides is 1. The van der Waals surface area contributed by atoms with Crippen molar-refractivity contribution in [2.24, 2.45) is 5.92 Å². The highest BCUT2D eigenvalue weighted by Crippen LogP contribution is 2.26. The second kappa shape index (κ2) is 9.60. The smallest absolute Gasteiger partial charge is 0.252 e. The van der Waals surface area contributed by atoms with Gasteiger partial charge in [-0.25, -0.2) is 8.42 Å². The normalized spacial score (nSPS) is 21.0. The molecule has 2 aliphatic rings. The Morgan fingerprint density at radius 1 is 1.03 bits per heavy atom. The van der Waals surface area contributed by atoms with Gasteiger partial charge in [-0.1, -0.05) is 30.3 Å². The summed E-state index contributed by atoms with van der Waals surface area (Å²) in [6, 6.07) is 11.8. The first-order chi connectivity index (χ1) is 14.5. The molecule has 6 nitrogen and oxygen atoms in total. The van der Waals surface area contributed by atoms with E-state index in [1.807, 2.05) is 0 Å². The van der Waals surface area contributed by atoms with E-state index in [0.717, 1.165) is 18.5 Å². The summed E-state index contributed by atoms with van der Waals surface area (Å²) in [5, 5.41) is 4.76. The maximum Gasteiger partial charge on any atom is 0.252 e. The fraction of sp³-hybridized carbons (Fsp3) is 0.500. The zero-order valence-electron chi connectivity index (χ0n) is 17.1. The fourth-order valence-corrected chi connectivity index (χ4v) is 6.88. The van der Waals surface area contributed by atoms with Crippen molar-refractivity contribution >= 4 is 27.3 Å². The third-order valence-corrected chi connectivity index (χ3v) is 9.18. The van der Waals surface area contributed by atoms with Crippen molar-refractivity contribution in [3.05, 3.63) is 52.9 Å². The average Bonchev–Trinajstić information content (AvgIpc) is 3.48. The van der Waals surface area contributed by atoms with Crippen LogP contribution < -0.4 is 5.32 Å². The molecule has 0 aliphatic carbocycles. The van der Waals surface area contributed by atoms with Crippen LogP contribution in [0, 0.1) is 5.92 Å². The number of nitrogens with zero attached hydrogens (tertiary/aromatic N) is 2. The molecule has 0 radical (unpaired) electrons. The Morgan fingerprint density at radius 2 is 1.77 bits per heavy atom. The minimum atomic E-state index is -3.50. The van der Waals surface area contributed by atoms with E-state index >= 15 is 0 Å². The maximum absolute atomic E-state index is 12.8. The third-order valence-electron chi connectivity index (χ3n) is 5.94. The Kier molecular flexibility index (Phi) is 6.87. The topological polar surface area (TPSA) is 69.7 Å². The molecule has 0 unspecified atom stereocenters. The molecule has 1 atom stereocenters. The van der Waals surface area contributed by atoms with Crippen LogP contribution in [-0.4, -0.2) is 49.7 Å². The molecule has 1 aromatic heterocycles. The lowest BCUT2D eigenvalue weighted by atomic mass is 9.98. The van der Waals surface area contributed by atoms with Gasteiger partial charge < -0.3 is 5.32 Å². The number of thiophene rings is 1. The molecule has 2 fully saturated rings. The van der Waals surface area contributed by atoms with Crippen LogP contribution in [0.2, 0.25) is 0 Å². The Hall–Kier alpha value is -1.74. The van der Waals surface area contributed by atoms with Crippen LogP contribution in [0.5, 0.6) is 0 Å². The molecule has 0 bridgehead atoms. The molecule has 30 heavy (non-hydrogen) atoms. The lowest BCUT2D eigenvalue weighted by molar-refractivity contribution is -0.126. The van der Waals surface area contributed by atoms with Crippen LogP contribution in [0.1, 0.15) is 36.8 Å². The number of rotatable bonds is 7. The first-order valence-electron chi connectivity index (χ1n) is 10.6. The minimum Gasteiger partial charge on any atom is -0.352 e. The lowest BCUT2D eigenvalue weighted by Crippen LogP contribution is -2.45. The van der Waals surface area contributed by atoms with Crippen molar-refractivity contribution in [1.82, 2.24) is 14.5 Å².